The quantitative estimate of drug-likeness (QED) is 0.865. The fourth-order valence-electron chi connectivity index (χ4n) is 1.44. The molecule has 0 unspecified atom stereocenters. The van der Waals surface area contributed by atoms with Crippen LogP contribution in [0.15, 0.2) is 30.5 Å². The second kappa shape index (κ2) is 3.89. The lowest BCUT2D eigenvalue weighted by Gasteiger charge is -2.00. The van der Waals surface area contributed by atoms with E-state index in [1.54, 1.807) is 9.12 Å². The first-order chi connectivity index (χ1) is 6.36. The minimum absolute atomic E-state index is 0.604. The van der Waals surface area contributed by atoms with Gasteiger partial charge in [-0.15, -0.1) is 0 Å². The van der Waals surface area contributed by atoms with Crippen molar-refractivity contribution in [2.75, 3.05) is 0 Å². The summed E-state index contributed by atoms with van der Waals surface area (Å²) < 4.78 is 2.13. The third kappa shape index (κ3) is 1.58. The van der Waals surface area contributed by atoms with Gasteiger partial charge in [-0.3, -0.25) is 3.97 Å². The first kappa shape index (κ1) is 9.36. The molecule has 1 aromatic heterocycles. The molecule has 0 saturated heterocycles. The van der Waals surface area contributed by atoms with Crippen LogP contribution in [0.4, 0.5) is 0 Å². The number of benzene rings is 1. The van der Waals surface area contributed by atoms with E-state index in [2.05, 4.69) is 49.6 Å². The molecule has 4 heteroatoms. The Kier molecular flexibility index (Phi) is 2.80. The molecule has 0 aliphatic rings. The molecule has 0 aliphatic carbocycles. The summed E-state index contributed by atoms with van der Waals surface area (Å²) in [5, 5.41) is 1.26. The average Bonchev–Trinajstić information content (AvgIpc) is 2.60. The summed E-state index contributed by atoms with van der Waals surface area (Å²) >= 11 is 2.27. The zero-order valence-corrected chi connectivity index (χ0v) is 9.88. The maximum atomic E-state index is 5.65. The highest BCUT2D eigenvalue weighted by molar-refractivity contribution is 14.2. The number of hydrogen-bond acceptors (Lipinski definition) is 2. The number of fused-ring (bicyclic) bond motifs is 1. The van der Waals surface area contributed by atoms with Gasteiger partial charge in [0.2, 0.25) is 0 Å². The number of rotatable bonds is 2. The zero-order valence-electron chi connectivity index (χ0n) is 6.90. The average molecular weight is 304 g/mol. The zero-order chi connectivity index (χ0) is 9.26. The highest BCUT2D eigenvalue weighted by atomic mass is 127. The molecule has 0 spiro atoms. The number of hydrogen-bond donors (Lipinski definition) is 1. The van der Waals surface area contributed by atoms with Crippen LogP contribution in [0.5, 0.6) is 0 Å². The summed E-state index contributed by atoms with van der Waals surface area (Å²) in [4.78, 5) is 0. The van der Waals surface area contributed by atoms with Crippen molar-refractivity contribution < 1.29 is 0 Å². The normalized spacial score (nSPS) is 10.9. The highest BCUT2D eigenvalue weighted by Gasteiger charge is 2.03. The van der Waals surface area contributed by atoms with Crippen LogP contribution < -0.4 is 5.73 Å². The van der Waals surface area contributed by atoms with Crippen molar-refractivity contribution in [1.29, 1.82) is 0 Å². The number of nitrogens with two attached hydrogens (primary N) is 1. The van der Waals surface area contributed by atoms with Crippen molar-refractivity contribution in [2.45, 2.75) is 6.54 Å². The minimum Gasteiger partial charge on any atom is -0.326 e. The lowest BCUT2D eigenvalue weighted by Crippen LogP contribution is -1.96. The van der Waals surface area contributed by atoms with Crippen molar-refractivity contribution in [1.82, 2.24) is 3.97 Å². The Bertz CT molecular complexity index is 424. The van der Waals surface area contributed by atoms with Crippen LogP contribution >= 0.6 is 30.3 Å². The van der Waals surface area contributed by atoms with Gasteiger partial charge in [-0.25, -0.2) is 0 Å². The Hall–Kier alpha value is -0.200. The molecule has 0 bridgehead atoms. The third-order valence-corrected chi connectivity index (χ3v) is 3.82. The van der Waals surface area contributed by atoms with Crippen molar-refractivity contribution in [3.05, 3.63) is 36.0 Å². The molecule has 2 rings (SSSR count). The first-order valence-corrected chi connectivity index (χ1v) is 7.26. The Labute approximate surface area is 93.2 Å². The standard InChI is InChI=1S/C9H9IN2S/c10-13-12-5-4-8-7(6-11)2-1-3-9(8)12/h1-5H,6,11H2. The van der Waals surface area contributed by atoms with Crippen LogP contribution in [0.1, 0.15) is 5.56 Å². The molecule has 0 saturated carbocycles. The van der Waals surface area contributed by atoms with E-state index in [-0.39, 0.29) is 0 Å². The van der Waals surface area contributed by atoms with E-state index in [9.17, 15) is 0 Å². The van der Waals surface area contributed by atoms with Crippen molar-refractivity contribution in [3.63, 3.8) is 0 Å². The maximum absolute atomic E-state index is 5.65. The summed E-state index contributed by atoms with van der Waals surface area (Å²) in [5.74, 6) is 0. The summed E-state index contributed by atoms with van der Waals surface area (Å²) in [6.45, 7) is 0.604. The largest absolute Gasteiger partial charge is 0.326 e. The molecule has 0 amide bonds. The van der Waals surface area contributed by atoms with Gasteiger partial charge in [0.25, 0.3) is 0 Å². The van der Waals surface area contributed by atoms with E-state index in [0.29, 0.717) is 6.54 Å². The van der Waals surface area contributed by atoms with Gasteiger partial charge in [0.15, 0.2) is 0 Å². The Balaban J connectivity index is 2.72. The lowest BCUT2D eigenvalue weighted by molar-refractivity contribution is 1.09. The molecule has 0 aliphatic heterocycles. The first-order valence-electron chi connectivity index (χ1n) is 3.95. The van der Waals surface area contributed by atoms with Crippen molar-refractivity contribution in [2.24, 2.45) is 5.73 Å². The van der Waals surface area contributed by atoms with E-state index >= 15 is 0 Å². The predicted molar refractivity (Wildman–Crippen MR) is 66.8 cm³/mol. The molecule has 2 nitrogen and oxygen atoms in total. The van der Waals surface area contributed by atoms with Crippen LogP contribution in [0, 0.1) is 0 Å². The molecule has 68 valence electrons. The Morgan fingerprint density at radius 3 is 2.92 bits per heavy atom. The molecule has 0 fully saturated rings. The van der Waals surface area contributed by atoms with Gasteiger partial charge >= 0.3 is 0 Å². The molecule has 2 N–H and O–H groups in total. The van der Waals surface area contributed by atoms with Crippen LogP contribution in [-0.2, 0) is 6.54 Å². The second-order valence-electron chi connectivity index (χ2n) is 2.76. The molecular formula is C9H9IN2S. The van der Waals surface area contributed by atoms with Gasteiger partial charge < -0.3 is 5.73 Å². The second-order valence-corrected chi connectivity index (χ2v) is 4.48. The summed E-state index contributed by atoms with van der Waals surface area (Å²) in [6.07, 6.45) is 2.07. The van der Waals surface area contributed by atoms with Crippen LogP contribution in [-0.4, -0.2) is 3.97 Å². The molecule has 1 aromatic carbocycles. The van der Waals surface area contributed by atoms with Gasteiger partial charge in [0.1, 0.15) is 0 Å². The molecule has 13 heavy (non-hydrogen) atoms. The topological polar surface area (TPSA) is 30.9 Å². The van der Waals surface area contributed by atoms with Gasteiger partial charge in [-0.1, -0.05) is 12.1 Å². The summed E-state index contributed by atoms with van der Waals surface area (Å²) in [6, 6.07) is 8.35. The maximum Gasteiger partial charge on any atom is 0.0601 e. The minimum atomic E-state index is 0.604. The van der Waals surface area contributed by atoms with Gasteiger partial charge in [-0.05, 0) is 17.7 Å². The van der Waals surface area contributed by atoms with Gasteiger partial charge in [0.05, 0.1) is 5.52 Å². The highest BCUT2D eigenvalue weighted by Crippen LogP contribution is 2.26. The van der Waals surface area contributed by atoms with Gasteiger partial charge in [-0.2, -0.15) is 0 Å². The molecule has 0 atom stereocenters. The van der Waals surface area contributed by atoms with Crippen LogP contribution in [0.25, 0.3) is 10.9 Å². The van der Waals surface area contributed by atoms with E-state index in [4.69, 9.17) is 5.73 Å². The van der Waals surface area contributed by atoms with E-state index < -0.39 is 0 Å². The number of nitrogens with zero attached hydrogens (tertiary/aromatic N) is 1. The fourth-order valence-corrected chi connectivity index (χ4v) is 2.82. The lowest BCUT2D eigenvalue weighted by atomic mass is 10.1. The van der Waals surface area contributed by atoms with E-state index in [0.717, 1.165) is 0 Å². The number of halogens is 1. The van der Waals surface area contributed by atoms with Gasteiger partial charge in [0, 0.05) is 48.5 Å². The summed E-state index contributed by atoms with van der Waals surface area (Å²) in [7, 11) is 1.67. The van der Waals surface area contributed by atoms with Crippen molar-refractivity contribution in [3.8, 4) is 0 Å². The Morgan fingerprint density at radius 2 is 2.23 bits per heavy atom. The van der Waals surface area contributed by atoms with Crippen molar-refractivity contribution >= 4 is 41.2 Å². The van der Waals surface area contributed by atoms with E-state index in [1.165, 1.54) is 16.5 Å². The van der Waals surface area contributed by atoms with Crippen LogP contribution in [0.3, 0.4) is 0 Å². The van der Waals surface area contributed by atoms with Crippen LogP contribution in [0.2, 0.25) is 0 Å². The molecule has 0 radical (unpaired) electrons. The smallest absolute Gasteiger partial charge is 0.0601 e. The Morgan fingerprint density at radius 1 is 1.38 bits per heavy atom. The SMILES string of the molecule is NCc1cccc2c1ccn2SI. The summed E-state index contributed by atoms with van der Waals surface area (Å²) in [5.41, 5.74) is 8.10. The predicted octanol–water partition coefficient (Wildman–Crippen LogP) is 2.95. The number of aromatic nitrogens is 1. The molecule has 2 aromatic rings. The van der Waals surface area contributed by atoms with E-state index in [1.807, 2.05) is 6.07 Å². The monoisotopic (exact) mass is 304 g/mol. The fraction of sp³-hybridized carbons (Fsp3) is 0.111. The molecular weight excluding hydrogens is 295 g/mol. The third-order valence-electron chi connectivity index (χ3n) is 2.08. The molecule has 1 heterocycles.